The average molecular weight is 310 g/mol. The molecule has 0 aromatic heterocycles. The van der Waals surface area contributed by atoms with Crippen molar-refractivity contribution >= 4 is 0 Å². The van der Waals surface area contributed by atoms with Crippen LogP contribution in [0, 0.1) is 0 Å². The molecule has 0 aliphatic heterocycles. The quantitative estimate of drug-likeness (QED) is 0.207. The first-order valence-electron chi connectivity index (χ1n) is 10.2. The van der Waals surface area contributed by atoms with Crippen LogP contribution in [0.3, 0.4) is 0 Å². The monoisotopic (exact) mass is 309 g/mol. The van der Waals surface area contributed by atoms with Crippen LogP contribution in [0.4, 0.5) is 0 Å². The Kier molecular flexibility index (Phi) is 18.5. The van der Waals surface area contributed by atoms with Gasteiger partial charge in [-0.1, -0.05) is 84.3 Å². The Bertz CT molecular complexity index is 218. The van der Waals surface area contributed by atoms with Crippen molar-refractivity contribution in [3.05, 3.63) is 12.2 Å². The maximum atomic E-state index is 2.53. The molecule has 0 aromatic rings. The zero-order chi connectivity index (χ0) is 16.3. The summed E-state index contributed by atoms with van der Waals surface area (Å²) in [6.07, 6.45) is 23.0. The summed E-state index contributed by atoms with van der Waals surface area (Å²) < 4.78 is 0. The third-order valence-electron chi connectivity index (χ3n) is 4.63. The van der Waals surface area contributed by atoms with Crippen molar-refractivity contribution in [1.82, 2.24) is 4.90 Å². The van der Waals surface area contributed by atoms with Crippen LogP contribution in [0.5, 0.6) is 0 Å². The van der Waals surface area contributed by atoms with E-state index in [4.69, 9.17) is 0 Å². The van der Waals surface area contributed by atoms with Crippen LogP contribution >= 0.6 is 0 Å². The lowest BCUT2D eigenvalue weighted by atomic mass is 10.1. The van der Waals surface area contributed by atoms with Gasteiger partial charge in [-0.15, -0.1) is 0 Å². The van der Waals surface area contributed by atoms with Gasteiger partial charge < -0.3 is 4.90 Å². The third-order valence-corrected chi connectivity index (χ3v) is 4.63. The van der Waals surface area contributed by atoms with Crippen molar-refractivity contribution in [1.29, 1.82) is 0 Å². The minimum Gasteiger partial charge on any atom is -0.304 e. The molecule has 0 fully saturated rings. The second-order valence-corrected chi connectivity index (χ2v) is 6.61. The maximum absolute atomic E-state index is 2.53. The summed E-state index contributed by atoms with van der Waals surface area (Å²) in [5.74, 6) is 0. The predicted octanol–water partition coefficient (Wildman–Crippen LogP) is 6.98. The normalized spacial score (nSPS) is 11.8. The van der Waals surface area contributed by atoms with E-state index in [2.05, 4.69) is 37.8 Å². The van der Waals surface area contributed by atoms with Crippen LogP contribution in [0.1, 0.15) is 104 Å². The zero-order valence-electron chi connectivity index (χ0n) is 15.9. The van der Waals surface area contributed by atoms with Gasteiger partial charge in [0.25, 0.3) is 0 Å². The molecule has 0 aliphatic rings. The van der Waals surface area contributed by atoms with Crippen molar-refractivity contribution in [2.75, 3.05) is 19.6 Å². The SMILES string of the molecule is CCCCCCCCCC/C=C/CCCCCN(CC)CC. The van der Waals surface area contributed by atoms with Crippen molar-refractivity contribution in [2.45, 2.75) is 104 Å². The fraction of sp³-hybridized carbons (Fsp3) is 0.905. The number of hydrogen-bond donors (Lipinski definition) is 0. The molecule has 1 nitrogen and oxygen atoms in total. The van der Waals surface area contributed by atoms with E-state index >= 15 is 0 Å². The molecule has 0 rings (SSSR count). The summed E-state index contributed by atoms with van der Waals surface area (Å²) in [6, 6.07) is 0. The van der Waals surface area contributed by atoms with Crippen molar-refractivity contribution in [3.63, 3.8) is 0 Å². The molecular formula is C21H43N. The molecule has 0 bridgehead atoms. The predicted molar refractivity (Wildman–Crippen MR) is 103 cm³/mol. The van der Waals surface area contributed by atoms with Gasteiger partial charge in [0.1, 0.15) is 0 Å². The standard InChI is InChI=1S/C21H43N/c1-4-7-8-9-10-11-12-13-14-15-16-17-18-19-20-21-22(5-2)6-3/h15-16H,4-14,17-21H2,1-3H3/b16-15+. The molecule has 22 heavy (non-hydrogen) atoms. The Morgan fingerprint density at radius 1 is 0.545 bits per heavy atom. The Labute approximate surface area is 141 Å². The summed E-state index contributed by atoms with van der Waals surface area (Å²) in [5.41, 5.74) is 0. The van der Waals surface area contributed by atoms with Crippen LogP contribution in [-0.4, -0.2) is 24.5 Å². The van der Waals surface area contributed by atoms with Gasteiger partial charge in [0.15, 0.2) is 0 Å². The summed E-state index contributed by atoms with van der Waals surface area (Å²) in [7, 11) is 0. The molecule has 0 radical (unpaired) electrons. The summed E-state index contributed by atoms with van der Waals surface area (Å²) in [6.45, 7) is 10.5. The minimum absolute atomic E-state index is 1.20. The molecule has 0 atom stereocenters. The molecule has 0 aliphatic carbocycles. The van der Waals surface area contributed by atoms with Crippen LogP contribution in [-0.2, 0) is 0 Å². The first kappa shape index (κ1) is 21.7. The zero-order valence-corrected chi connectivity index (χ0v) is 15.9. The molecule has 0 spiro atoms. The Balaban J connectivity index is 3.15. The van der Waals surface area contributed by atoms with Gasteiger partial charge in [0, 0.05) is 0 Å². The van der Waals surface area contributed by atoms with E-state index in [1.165, 1.54) is 103 Å². The molecule has 0 heterocycles. The number of hydrogen-bond acceptors (Lipinski definition) is 1. The molecule has 132 valence electrons. The van der Waals surface area contributed by atoms with Crippen LogP contribution < -0.4 is 0 Å². The lowest BCUT2D eigenvalue weighted by Gasteiger charge is -2.17. The molecule has 0 unspecified atom stereocenters. The Hall–Kier alpha value is -0.300. The highest BCUT2D eigenvalue weighted by molar-refractivity contribution is 4.81. The van der Waals surface area contributed by atoms with Gasteiger partial charge in [0.2, 0.25) is 0 Å². The molecule has 0 saturated carbocycles. The van der Waals surface area contributed by atoms with E-state index in [-0.39, 0.29) is 0 Å². The molecule has 0 saturated heterocycles. The molecule has 0 N–H and O–H groups in total. The Morgan fingerprint density at radius 2 is 1.00 bits per heavy atom. The highest BCUT2D eigenvalue weighted by atomic mass is 15.1. The fourth-order valence-corrected chi connectivity index (χ4v) is 2.95. The van der Waals surface area contributed by atoms with Crippen LogP contribution in [0.25, 0.3) is 0 Å². The second kappa shape index (κ2) is 18.7. The van der Waals surface area contributed by atoms with E-state index in [9.17, 15) is 0 Å². The van der Waals surface area contributed by atoms with Crippen molar-refractivity contribution in [3.8, 4) is 0 Å². The fourth-order valence-electron chi connectivity index (χ4n) is 2.95. The summed E-state index contributed by atoms with van der Waals surface area (Å²) in [4.78, 5) is 2.53. The minimum atomic E-state index is 1.20. The first-order chi connectivity index (χ1) is 10.8. The Morgan fingerprint density at radius 3 is 1.50 bits per heavy atom. The number of allylic oxidation sites excluding steroid dienone is 2. The van der Waals surface area contributed by atoms with Gasteiger partial charge in [0.05, 0.1) is 0 Å². The molecule has 0 amide bonds. The van der Waals surface area contributed by atoms with Crippen LogP contribution in [0.15, 0.2) is 12.2 Å². The number of nitrogens with zero attached hydrogens (tertiary/aromatic N) is 1. The van der Waals surface area contributed by atoms with E-state index in [0.717, 1.165) is 0 Å². The molecule has 0 aromatic carbocycles. The lowest BCUT2D eigenvalue weighted by molar-refractivity contribution is 0.296. The van der Waals surface area contributed by atoms with Crippen molar-refractivity contribution < 1.29 is 0 Å². The van der Waals surface area contributed by atoms with E-state index in [0.29, 0.717) is 0 Å². The van der Waals surface area contributed by atoms with Gasteiger partial charge in [-0.3, -0.25) is 0 Å². The van der Waals surface area contributed by atoms with Gasteiger partial charge in [-0.25, -0.2) is 0 Å². The molecule has 1 heteroatoms. The largest absolute Gasteiger partial charge is 0.304 e. The van der Waals surface area contributed by atoms with E-state index in [1.807, 2.05) is 0 Å². The maximum Gasteiger partial charge on any atom is -0.00190 e. The average Bonchev–Trinajstić information content (AvgIpc) is 2.55. The third kappa shape index (κ3) is 16.1. The van der Waals surface area contributed by atoms with Crippen molar-refractivity contribution in [2.24, 2.45) is 0 Å². The lowest BCUT2D eigenvalue weighted by Crippen LogP contribution is -2.23. The smallest absolute Gasteiger partial charge is 0.00190 e. The highest BCUT2D eigenvalue weighted by Gasteiger charge is 1.97. The summed E-state index contributed by atoms with van der Waals surface area (Å²) >= 11 is 0. The topological polar surface area (TPSA) is 3.24 Å². The van der Waals surface area contributed by atoms with E-state index in [1.54, 1.807) is 0 Å². The second-order valence-electron chi connectivity index (χ2n) is 6.61. The molecular weight excluding hydrogens is 266 g/mol. The highest BCUT2D eigenvalue weighted by Crippen LogP contribution is 2.10. The first-order valence-corrected chi connectivity index (χ1v) is 10.2. The van der Waals surface area contributed by atoms with Gasteiger partial charge in [-0.2, -0.15) is 0 Å². The number of unbranched alkanes of at least 4 members (excludes halogenated alkanes) is 11. The number of rotatable bonds is 17. The van der Waals surface area contributed by atoms with Gasteiger partial charge in [-0.05, 0) is 51.7 Å². The van der Waals surface area contributed by atoms with E-state index < -0.39 is 0 Å². The van der Waals surface area contributed by atoms with Crippen LogP contribution in [0.2, 0.25) is 0 Å². The van der Waals surface area contributed by atoms with Gasteiger partial charge >= 0.3 is 0 Å². The summed E-state index contributed by atoms with van der Waals surface area (Å²) in [5, 5.41) is 0.